The number of phenolic OH excluding ortho intramolecular Hbond substituents is 8. The van der Waals surface area contributed by atoms with Gasteiger partial charge in [0, 0.05) is 24.7 Å². The highest BCUT2D eigenvalue weighted by Gasteiger charge is 2.60. The number of esters is 2. The zero-order chi connectivity index (χ0) is 38.0. The zero-order valence-electron chi connectivity index (χ0n) is 26.7. The minimum absolute atomic E-state index is 0.128. The second-order valence-electron chi connectivity index (χ2n) is 12.2. The van der Waals surface area contributed by atoms with Gasteiger partial charge in [-0.3, -0.25) is 9.59 Å². The molecule has 5 rings (SSSR count). The van der Waals surface area contributed by atoms with E-state index >= 15 is 0 Å². The second kappa shape index (κ2) is 14.6. The molecule has 0 spiro atoms. The van der Waals surface area contributed by atoms with Crippen molar-refractivity contribution in [3.05, 3.63) is 95.1 Å². The topological polar surface area (TPSA) is 289 Å². The Labute approximate surface area is 293 Å². The Hall–Kier alpha value is -6.84. The number of carboxylic acids is 2. The van der Waals surface area contributed by atoms with Crippen molar-refractivity contribution in [2.45, 2.75) is 36.9 Å². The molecule has 16 nitrogen and oxygen atoms in total. The summed E-state index contributed by atoms with van der Waals surface area (Å²) in [6.45, 7) is 0. The fourth-order valence-electron chi connectivity index (χ4n) is 6.28. The van der Waals surface area contributed by atoms with Gasteiger partial charge in [0.05, 0.1) is 11.8 Å². The van der Waals surface area contributed by atoms with Crippen LogP contribution in [0.5, 0.6) is 46.0 Å². The summed E-state index contributed by atoms with van der Waals surface area (Å²) < 4.78 is 10.8. The van der Waals surface area contributed by atoms with Gasteiger partial charge in [0.2, 0.25) is 12.2 Å². The van der Waals surface area contributed by atoms with Gasteiger partial charge in [0.15, 0.2) is 46.0 Å². The van der Waals surface area contributed by atoms with E-state index in [-0.39, 0.29) is 22.3 Å². The van der Waals surface area contributed by atoms with E-state index in [1.807, 2.05) is 0 Å². The molecule has 16 heteroatoms. The molecule has 4 aromatic carbocycles. The molecule has 0 heterocycles. The Bertz CT molecular complexity index is 1900. The van der Waals surface area contributed by atoms with Crippen LogP contribution < -0.4 is 0 Å². The number of rotatable bonds is 12. The molecular formula is C36H32O16. The average molecular weight is 721 g/mol. The van der Waals surface area contributed by atoms with E-state index in [0.717, 1.165) is 48.5 Å². The molecule has 52 heavy (non-hydrogen) atoms. The molecule has 1 aliphatic carbocycles. The van der Waals surface area contributed by atoms with Crippen LogP contribution in [0.2, 0.25) is 0 Å². The largest absolute Gasteiger partial charge is 0.504 e. The van der Waals surface area contributed by atoms with Gasteiger partial charge in [0.25, 0.3) is 0 Å². The first-order valence-electron chi connectivity index (χ1n) is 15.5. The molecule has 1 aliphatic rings. The molecule has 0 bridgehead atoms. The molecule has 1 saturated carbocycles. The van der Waals surface area contributed by atoms with Gasteiger partial charge in [-0.1, -0.05) is 24.3 Å². The number of carbonyl (C=O) groups is 4. The first-order valence-corrected chi connectivity index (χ1v) is 15.5. The van der Waals surface area contributed by atoms with E-state index in [1.54, 1.807) is 0 Å². The molecule has 10 N–H and O–H groups in total. The lowest BCUT2D eigenvalue weighted by molar-refractivity contribution is -0.184. The predicted molar refractivity (Wildman–Crippen MR) is 174 cm³/mol. The highest BCUT2D eigenvalue weighted by atomic mass is 16.6. The number of hydrogen-bond acceptors (Lipinski definition) is 14. The molecule has 0 radical (unpaired) electrons. The summed E-state index contributed by atoms with van der Waals surface area (Å²) in [5.74, 6) is -15.9. The number of aliphatic carboxylic acids is 2. The number of hydrogen-bond donors (Lipinski definition) is 10. The van der Waals surface area contributed by atoms with Gasteiger partial charge >= 0.3 is 23.9 Å². The number of phenols is 8. The molecule has 0 aromatic heterocycles. The summed E-state index contributed by atoms with van der Waals surface area (Å²) >= 11 is 0. The van der Waals surface area contributed by atoms with Crippen LogP contribution in [0.3, 0.4) is 0 Å². The van der Waals surface area contributed by atoms with Crippen LogP contribution in [-0.4, -0.2) is 87.2 Å². The first-order chi connectivity index (χ1) is 24.5. The Balaban J connectivity index is 1.56. The van der Waals surface area contributed by atoms with Crippen LogP contribution in [0.25, 0.3) is 0 Å². The van der Waals surface area contributed by atoms with Gasteiger partial charge in [-0.15, -0.1) is 0 Å². The highest BCUT2D eigenvalue weighted by Crippen LogP contribution is 2.60. The molecular weight excluding hydrogens is 688 g/mol. The third kappa shape index (κ3) is 7.50. The lowest BCUT2D eigenvalue weighted by atomic mass is 9.52. The molecule has 0 aliphatic heterocycles. The van der Waals surface area contributed by atoms with Crippen molar-refractivity contribution in [3.63, 3.8) is 0 Å². The van der Waals surface area contributed by atoms with Crippen molar-refractivity contribution in [1.29, 1.82) is 0 Å². The standard InChI is InChI=1S/C36H32O16/c37-19-5-1-15(9-23(19)41)11-27(33(45)46)51-35(49)31-29(17-3-7-21(39)25(43)13-17)30(18-4-8-22(40)26(44)14-18)32(31)36(50)52-28(34(47)48)12-16-2-6-20(38)24(42)10-16/h1-10,13-14,27-32,37-44H,11-12H2,(H,45,46)(H,47,48)/t27-,28+,29-,30+,31-,32+. The zero-order valence-corrected chi connectivity index (χ0v) is 26.7. The number of benzene rings is 4. The van der Waals surface area contributed by atoms with Crippen molar-refractivity contribution < 1.29 is 79.7 Å². The van der Waals surface area contributed by atoms with Crippen LogP contribution in [0.1, 0.15) is 34.1 Å². The van der Waals surface area contributed by atoms with Crippen molar-refractivity contribution in [2.24, 2.45) is 11.8 Å². The van der Waals surface area contributed by atoms with Crippen LogP contribution in [0, 0.1) is 11.8 Å². The SMILES string of the molecule is O=C(O[C@@H](Cc1ccc(O)c(O)c1)C(=O)O)[C@@H]1[C@H](C(=O)O[C@H](Cc2ccc(O)c(O)c2)C(=O)O)[C@H](c2ccc(O)c(O)c2)[C@@H]1c1ccc(O)c(O)c1. The van der Waals surface area contributed by atoms with Gasteiger partial charge in [-0.25, -0.2) is 9.59 Å². The Kier molecular flexibility index (Phi) is 10.2. The van der Waals surface area contributed by atoms with Crippen LogP contribution in [0.4, 0.5) is 0 Å². The van der Waals surface area contributed by atoms with E-state index in [1.165, 1.54) is 24.3 Å². The second-order valence-corrected chi connectivity index (χ2v) is 12.2. The van der Waals surface area contributed by atoms with E-state index in [9.17, 15) is 70.2 Å². The van der Waals surface area contributed by atoms with Gasteiger partial charge in [0.1, 0.15) is 0 Å². The van der Waals surface area contributed by atoms with Gasteiger partial charge in [-0.2, -0.15) is 0 Å². The molecule has 0 amide bonds. The molecule has 0 unspecified atom stereocenters. The van der Waals surface area contributed by atoms with E-state index in [4.69, 9.17) is 9.47 Å². The maximum atomic E-state index is 14.0. The summed E-state index contributed by atoms with van der Waals surface area (Å²) in [4.78, 5) is 52.6. The average Bonchev–Trinajstić information content (AvgIpc) is 3.06. The minimum atomic E-state index is -1.91. The first kappa shape index (κ1) is 36.4. The number of carbonyl (C=O) groups excluding carboxylic acids is 2. The summed E-state index contributed by atoms with van der Waals surface area (Å²) in [6, 6.07) is 13.8. The van der Waals surface area contributed by atoms with E-state index in [0.29, 0.717) is 0 Å². The third-order valence-electron chi connectivity index (χ3n) is 8.85. The quantitative estimate of drug-likeness (QED) is 0.0743. The summed E-state index contributed by atoms with van der Waals surface area (Å²) in [5, 5.41) is 99.6. The summed E-state index contributed by atoms with van der Waals surface area (Å²) in [6.07, 6.45) is -4.82. The molecule has 272 valence electrons. The lowest BCUT2D eigenvalue weighted by Gasteiger charge is -2.50. The highest BCUT2D eigenvalue weighted by molar-refractivity contribution is 5.90. The smallest absolute Gasteiger partial charge is 0.345 e. The van der Waals surface area contributed by atoms with Gasteiger partial charge in [-0.05, 0) is 70.8 Å². The monoisotopic (exact) mass is 720 g/mol. The van der Waals surface area contributed by atoms with E-state index in [2.05, 4.69) is 0 Å². The van der Waals surface area contributed by atoms with Crippen LogP contribution in [0.15, 0.2) is 72.8 Å². The third-order valence-corrected chi connectivity index (χ3v) is 8.85. The van der Waals surface area contributed by atoms with Crippen molar-refractivity contribution in [3.8, 4) is 46.0 Å². The fraction of sp³-hybridized carbons (Fsp3) is 0.222. The summed E-state index contributed by atoms with van der Waals surface area (Å²) in [5.41, 5.74) is 0.538. The Morgan fingerprint density at radius 3 is 1.06 bits per heavy atom. The molecule has 0 saturated heterocycles. The minimum Gasteiger partial charge on any atom is -0.504 e. The Morgan fingerprint density at radius 1 is 0.462 bits per heavy atom. The number of aromatic hydroxyl groups is 8. The van der Waals surface area contributed by atoms with Crippen molar-refractivity contribution in [1.82, 2.24) is 0 Å². The fourth-order valence-corrected chi connectivity index (χ4v) is 6.28. The maximum Gasteiger partial charge on any atom is 0.345 e. The van der Waals surface area contributed by atoms with Crippen molar-refractivity contribution in [2.75, 3.05) is 0 Å². The number of ether oxygens (including phenoxy) is 2. The van der Waals surface area contributed by atoms with Crippen LogP contribution >= 0.6 is 0 Å². The summed E-state index contributed by atoms with van der Waals surface area (Å²) in [7, 11) is 0. The van der Waals surface area contributed by atoms with Crippen LogP contribution in [-0.2, 0) is 41.5 Å². The predicted octanol–water partition coefficient (Wildman–Crippen LogP) is 2.92. The molecule has 1 fully saturated rings. The van der Waals surface area contributed by atoms with Gasteiger partial charge < -0.3 is 60.5 Å². The molecule has 6 atom stereocenters. The molecule has 4 aromatic rings. The van der Waals surface area contributed by atoms with E-state index < -0.39 is 119 Å². The van der Waals surface area contributed by atoms with Crippen molar-refractivity contribution >= 4 is 23.9 Å². The lowest BCUT2D eigenvalue weighted by Crippen LogP contribution is -2.54. The Morgan fingerprint density at radius 2 is 0.769 bits per heavy atom. The maximum absolute atomic E-state index is 14.0. The normalized spacial score (nSPS) is 19.1. The number of carboxylic acid groups (broad SMARTS) is 2.